The predicted octanol–water partition coefficient (Wildman–Crippen LogP) is 3.42. The van der Waals surface area contributed by atoms with Gasteiger partial charge in [-0.2, -0.15) is 0 Å². The van der Waals surface area contributed by atoms with Gasteiger partial charge in [0.2, 0.25) is 0 Å². The second kappa shape index (κ2) is 9.82. The van der Waals surface area contributed by atoms with Crippen molar-refractivity contribution in [1.29, 1.82) is 0 Å². The van der Waals surface area contributed by atoms with Crippen molar-refractivity contribution in [1.82, 2.24) is 10.6 Å². The molecule has 2 N–H and O–H groups in total. The second-order valence-electron chi connectivity index (χ2n) is 4.88. The molecular formula is C17H26FN3O. The van der Waals surface area contributed by atoms with E-state index in [9.17, 15) is 4.39 Å². The number of benzene rings is 1. The van der Waals surface area contributed by atoms with E-state index < -0.39 is 0 Å². The van der Waals surface area contributed by atoms with Crippen LogP contribution in [0.2, 0.25) is 0 Å². The van der Waals surface area contributed by atoms with E-state index in [-0.39, 0.29) is 17.6 Å². The molecule has 0 bridgehead atoms. The molecule has 4 nitrogen and oxygen atoms in total. The summed E-state index contributed by atoms with van der Waals surface area (Å²) in [6.07, 6.45) is 4.99. The van der Waals surface area contributed by atoms with Crippen LogP contribution < -0.4 is 15.4 Å². The lowest BCUT2D eigenvalue weighted by Gasteiger charge is -2.18. The van der Waals surface area contributed by atoms with E-state index in [2.05, 4.69) is 21.7 Å². The van der Waals surface area contributed by atoms with Crippen molar-refractivity contribution in [2.75, 3.05) is 20.2 Å². The average molecular weight is 307 g/mol. The molecule has 0 aromatic heterocycles. The molecule has 122 valence electrons. The van der Waals surface area contributed by atoms with Gasteiger partial charge >= 0.3 is 0 Å². The number of nitrogens with one attached hydrogen (secondary N) is 2. The SMILES string of the molecule is CC=CCCN=C(NCC)NC(C)c1ccc(OC)c(F)c1. The molecule has 0 saturated heterocycles. The minimum atomic E-state index is -0.358. The van der Waals surface area contributed by atoms with Gasteiger partial charge in [-0.05, 0) is 44.9 Å². The van der Waals surface area contributed by atoms with Gasteiger partial charge in [0.15, 0.2) is 17.5 Å². The molecular weight excluding hydrogens is 281 g/mol. The van der Waals surface area contributed by atoms with Gasteiger partial charge in [0, 0.05) is 13.1 Å². The van der Waals surface area contributed by atoms with Gasteiger partial charge in [-0.3, -0.25) is 4.99 Å². The van der Waals surface area contributed by atoms with Crippen molar-refractivity contribution < 1.29 is 9.13 Å². The standard InChI is InChI=1S/C17H26FN3O/c1-5-7-8-11-20-17(19-6-2)21-13(3)14-9-10-16(22-4)15(18)12-14/h5,7,9-10,12-13H,6,8,11H2,1-4H3,(H2,19,20,21). The lowest BCUT2D eigenvalue weighted by atomic mass is 10.1. The Morgan fingerprint density at radius 2 is 2.23 bits per heavy atom. The van der Waals surface area contributed by atoms with Crippen LogP contribution in [0.3, 0.4) is 0 Å². The molecule has 0 saturated carbocycles. The zero-order valence-corrected chi connectivity index (χ0v) is 13.8. The van der Waals surface area contributed by atoms with E-state index in [4.69, 9.17) is 4.74 Å². The third-order valence-corrected chi connectivity index (χ3v) is 3.17. The molecule has 0 spiro atoms. The summed E-state index contributed by atoms with van der Waals surface area (Å²) in [6, 6.07) is 4.92. The molecule has 0 radical (unpaired) electrons. The first kappa shape index (κ1) is 18.0. The maximum atomic E-state index is 13.8. The normalized spacial score (nSPS) is 13.2. The van der Waals surface area contributed by atoms with Crippen LogP contribution in [0.1, 0.15) is 38.8 Å². The van der Waals surface area contributed by atoms with Crippen LogP contribution in [-0.2, 0) is 0 Å². The predicted molar refractivity (Wildman–Crippen MR) is 89.9 cm³/mol. The number of methoxy groups -OCH3 is 1. The summed E-state index contributed by atoms with van der Waals surface area (Å²) in [6.45, 7) is 7.47. The molecule has 1 unspecified atom stereocenters. The summed E-state index contributed by atoms with van der Waals surface area (Å²) < 4.78 is 18.7. The van der Waals surface area contributed by atoms with Crippen LogP contribution in [0.5, 0.6) is 5.75 Å². The van der Waals surface area contributed by atoms with E-state index in [0.717, 1.165) is 24.5 Å². The van der Waals surface area contributed by atoms with Crippen molar-refractivity contribution in [2.24, 2.45) is 4.99 Å². The summed E-state index contributed by atoms with van der Waals surface area (Å²) in [5.41, 5.74) is 0.845. The number of aliphatic imine (C=N–C) groups is 1. The summed E-state index contributed by atoms with van der Waals surface area (Å²) in [5.74, 6) is 0.627. The van der Waals surface area contributed by atoms with Crippen molar-refractivity contribution >= 4 is 5.96 Å². The van der Waals surface area contributed by atoms with E-state index in [1.807, 2.05) is 32.9 Å². The van der Waals surface area contributed by atoms with Crippen LogP contribution in [0.15, 0.2) is 35.3 Å². The number of guanidine groups is 1. The highest BCUT2D eigenvalue weighted by Gasteiger charge is 2.11. The second-order valence-corrected chi connectivity index (χ2v) is 4.88. The van der Waals surface area contributed by atoms with Crippen molar-refractivity contribution in [2.45, 2.75) is 33.2 Å². The summed E-state index contributed by atoms with van der Waals surface area (Å²) in [5, 5.41) is 6.48. The molecule has 0 heterocycles. The Hall–Kier alpha value is -2.04. The smallest absolute Gasteiger partial charge is 0.191 e. The van der Waals surface area contributed by atoms with Crippen molar-refractivity contribution in [3.05, 3.63) is 41.7 Å². The number of rotatable bonds is 7. The zero-order chi connectivity index (χ0) is 16.4. The fraction of sp³-hybridized carbons (Fsp3) is 0.471. The molecule has 0 aliphatic heterocycles. The van der Waals surface area contributed by atoms with Crippen LogP contribution in [0, 0.1) is 5.82 Å². The maximum absolute atomic E-state index is 13.8. The minimum absolute atomic E-state index is 0.0556. The van der Waals surface area contributed by atoms with Crippen LogP contribution in [-0.4, -0.2) is 26.2 Å². The fourth-order valence-electron chi connectivity index (χ4n) is 1.98. The van der Waals surface area contributed by atoms with Gasteiger partial charge in [0.25, 0.3) is 0 Å². The minimum Gasteiger partial charge on any atom is -0.494 e. The molecule has 5 heteroatoms. The van der Waals surface area contributed by atoms with Crippen LogP contribution >= 0.6 is 0 Å². The Labute approximate surface area is 132 Å². The molecule has 22 heavy (non-hydrogen) atoms. The molecule has 1 rings (SSSR count). The number of hydrogen-bond donors (Lipinski definition) is 2. The maximum Gasteiger partial charge on any atom is 0.191 e. The van der Waals surface area contributed by atoms with Gasteiger partial charge in [0.05, 0.1) is 13.2 Å². The van der Waals surface area contributed by atoms with Crippen LogP contribution in [0.25, 0.3) is 0 Å². The highest BCUT2D eigenvalue weighted by Crippen LogP contribution is 2.21. The van der Waals surface area contributed by atoms with Gasteiger partial charge in [-0.25, -0.2) is 4.39 Å². The largest absolute Gasteiger partial charge is 0.494 e. The topological polar surface area (TPSA) is 45.7 Å². The van der Waals surface area contributed by atoms with E-state index >= 15 is 0 Å². The Balaban J connectivity index is 2.73. The zero-order valence-electron chi connectivity index (χ0n) is 13.8. The quantitative estimate of drug-likeness (QED) is 0.351. The number of ether oxygens (including phenoxy) is 1. The first-order valence-corrected chi connectivity index (χ1v) is 7.61. The molecule has 0 aliphatic carbocycles. The number of allylic oxidation sites excluding steroid dienone is 1. The average Bonchev–Trinajstić information content (AvgIpc) is 2.51. The molecule has 1 aromatic carbocycles. The first-order chi connectivity index (χ1) is 10.6. The van der Waals surface area contributed by atoms with E-state index in [1.54, 1.807) is 6.07 Å². The molecule has 0 amide bonds. The number of halogens is 1. The lowest BCUT2D eigenvalue weighted by Crippen LogP contribution is -2.38. The van der Waals surface area contributed by atoms with Crippen molar-refractivity contribution in [3.8, 4) is 5.75 Å². The lowest BCUT2D eigenvalue weighted by molar-refractivity contribution is 0.386. The van der Waals surface area contributed by atoms with Gasteiger partial charge in [-0.1, -0.05) is 18.2 Å². The Morgan fingerprint density at radius 3 is 2.82 bits per heavy atom. The van der Waals surface area contributed by atoms with Gasteiger partial charge in [-0.15, -0.1) is 0 Å². The monoisotopic (exact) mass is 307 g/mol. The molecule has 1 aromatic rings. The number of nitrogens with zero attached hydrogens (tertiary/aromatic N) is 1. The first-order valence-electron chi connectivity index (χ1n) is 7.61. The fourth-order valence-corrected chi connectivity index (χ4v) is 1.98. The Bertz CT molecular complexity index is 515. The third-order valence-electron chi connectivity index (χ3n) is 3.17. The molecule has 1 atom stereocenters. The third kappa shape index (κ3) is 5.76. The summed E-state index contributed by atoms with van der Waals surface area (Å²) >= 11 is 0. The number of hydrogen-bond acceptors (Lipinski definition) is 2. The van der Waals surface area contributed by atoms with E-state index in [1.165, 1.54) is 13.2 Å². The summed E-state index contributed by atoms with van der Waals surface area (Å²) in [7, 11) is 1.46. The Kier molecular flexibility index (Phi) is 8.04. The summed E-state index contributed by atoms with van der Waals surface area (Å²) in [4.78, 5) is 4.50. The highest BCUT2D eigenvalue weighted by atomic mass is 19.1. The van der Waals surface area contributed by atoms with Crippen molar-refractivity contribution in [3.63, 3.8) is 0 Å². The van der Waals surface area contributed by atoms with Gasteiger partial charge in [0.1, 0.15) is 0 Å². The van der Waals surface area contributed by atoms with Gasteiger partial charge < -0.3 is 15.4 Å². The van der Waals surface area contributed by atoms with Crippen LogP contribution in [0.4, 0.5) is 4.39 Å². The Morgan fingerprint density at radius 1 is 1.45 bits per heavy atom. The molecule has 0 fully saturated rings. The molecule has 0 aliphatic rings. The van der Waals surface area contributed by atoms with E-state index in [0.29, 0.717) is 6.54 Å². The highest BCUT2D eigenvalue weighted by molar-refractivity contribution is 5.80.